The Kier molecular flexibility index (Phi) is 5.43. The zero-order chi connectivity index (χ0) is 17.6. The molecule has 0 aromatic heterocycles. The van der Waals surface area contributed by atoms with Crippen LogP contribution in [0.4, 0.5) is 4.79 Å². The third-order valence-electron chi connectivity index (χ3n) is 4.64. The predicted molar refractivity (Wildman–Crippen MR) is 97.2 cm³/mol. The van der Waals surface area contributed by atoms with Crippen molar-refractivity contribution in [3.8, 4) is 11.5 Å². The summed E-state index contributed by atoms with van der Waals surface area (Å²) in [7, 11) is 3.21. The van der Waals surface area contributed by atoms with Crippen LogP contribution in [0.25, 0.3) is 0 Å². The molecule has 5 nitrogen and oxygen atoms in total. The topological polar surface area (TPSA) is 50.8 Å². The van der Waals surface area contributed by atoms with Gasteiger partial charge in [-0.15, -0.1) is 0 Å². The molecule has 5 heteroatoms. The molecule has 0 spiro atoms. The lowest BCUT2D eigenvalue weighted by atomic mass is 9.99. The van der Waals surface area contributed by atoms with Gasteiger partial charge in [-0.25, -0.2) is 4.79 Å². The van der Waals surface area contributed by atoms with E-state index in [-0.39, 0.29) is 6.03 Å². The first kappa shape index (κ1) is 17.1. The third-order valence-corrected chi connectivity index (χ3v) is 4.64. The van der Waals surface area contributed by atoms with E-state index in [1.807, 2.05) is 29.2 Å². The molecule has 1 fully saturated rings. The van der Waals surface area contributed by atoms with Crippen molar-refractivity contribution in [2.24, 2.45) is 0 Å². The summed E-state index contributed by atoms with van der Waals surface area (Å²) in [6.07, 6.45) is 1.01. The van der Waals surface area contributed by atoms with E-state index in [2.05, 4.69) is 29.6 Å². The van der Waals surface area contributed by atoms with Crippen LogP contribution >= 0.6 is 0 Å². The molecule has 3 rings (SSSR count). The molecule has 0 radical (unpaired) electrons. The van der Waals surface area contributed by atoms with Crippen LogP contribution in [0, 0.1) is 0 Å². The molecule has 0 bridgehead atoms. The highest BCUT2D eigenvalue weighted by molar-refractivity contribution is 5.74. The average Bonchev–Trinajstić information content (AvgIpc) is 3.17. The first-order valence-electron chi connectivity index (χ1n) is 8.50. The largest absolute Gasteiger partial charge is 0.493 e. The number of rotatable bonds is 5. The molecule has 0 saturated carbocycles. The highest BCUT2D eigenvalue weighted by Crippen LogP contribution is 2.28. The van der Waals surface area contributed by atoms with Gasteiger partial charge in [0.1, 0.15) is 0 Å². The summed E-state index contributed by atoms with van der Waals surface area (Å²) in [4.78, 5) is 14.3. The maximum atomic E-state index is 12.4. The van der Waals surface area contributed by atoms with Crippen LogP contribution in [-0.2, 0) is 6.54 Å². The highest BCUT2D eigenvalue weighted by Gasteiger charge is 2.26. The normalized spacial score (nSPS) is 16.6. The minimum absolute atomic E-state index is 0.0202. The van der Waals surface area contributed by atoms with E-state index in [0.717, 1.165) is 25.1 Å². The molecular formula is C20H24N2O3. The molecule has 25 heavy (non-hydrogen) atoms. The molecule has 1 aliphatic rings. The van der Waals surface area contributed by atoms with E-state index in [0.29, 0.717) is 24.0 Å². The minimum Gasteiger partial charge on any atom is -0.493 e. The van der Waals surface area contributed by atoms with Crippen molar-refractivity contribution in [1.82, 2.24) is 10.2 Å². The summed E-state index contributed by atoms with van der Waals surface area (Å²) in [5.41, 5.74) is 2.28. The van der Waals surface area contributed by atoms with E-state index in [1.165, 1.54) is 5.56 Å². The fraction of sp³-hybridized carbons (Fsp3) is 0.350. The smallest absolute Gasteiger partial charge is 0.317 e. The van der Waals surface area contributed by atoms with Crippen LogP contribution < -0.4 is 14.8 Å². The maximum Gasteiger partial charge on any atom is 0.317 e. The zero-order valence-electron chi connectivity index (χ0n) is 14.7. The van der Waals surface area contributed by atoms with Gasteiger partial charge in [-0.3, -0.25) is 0 Å². The molecule has 1 heterocycles. The number of likely N-dealkylation sites (tertiary alicyclic amines) is 1. The van der Waals surface area contributed by atoms with Gasteiger partial charge in [0, 0.05) is 25.6 Å². The van der Waals surface area contributed by atoms with Gasteiger partial charge in [0.25, 0.3) is 0 Å². The maximum absolute atomic E-state index is 12.4. The molecule has 1 N–H and O–H groups in total. The van der Waals surface area contributed by atoms with E-state index >= 15 is 0 Å². The van der Waals surface area contributed by atoms with E-state index in [9.17, 15) is 4.79 Å². The van der Waals surface area contributed by atoms with E-state index in [4.69, 9.17) is 9.47 Å². The van der Waals surface area contributed by atoms with Crippen molar-refractivity contribution in [3.05, 3.63) is 59.7 Å². The van der Waals surface area contributed by atoms with Gasteiger partial charge < -0.3 is 19.7 Å². The van der Waals surface area contributed by atoms with Gasteiger partial charge in [-0.2, -0.15) is 0 Å². The van der Waals surface area contributed by atoms with Crippen molar-refractivity contribution in [2.45, 2.75) is 18.9 Å². The molecule has 1 saturated heterocycles. The fourth-order valence-corrected chi connectivity index (χ4v) is 3.22. The van der Waals surface area contributed by atoms with Gasteiger partial charge in [-0.1, -0.05) is 36.4 Å². The molecular weight excluding hydrogens is 316 g/mol. The summed E-state index contributed by atoms with van der Waals surface area (Å²) in [6.45, 7) is 2.02. The number of hydrogen-bond acceptors (Lipinski definition) is 3. The number of methoxy groups -OCH3 is 2. The Hall–Kier alpha value is -2.69. The number of hydrogen-bond donors (Lipinski definition) is 1. The second-order valence-electron chi connectivity index (χ2n) is 6.19. The van der Waals surface area contributed by atoms with Crippen LogP contribution in [0.1, 0.15) is 23.5 Å². The number of nitrogens with zero attached hydrogens (tertiary/aromatic N) is 1. The Morgan fingerprint density at radius 1 is 1.12 bits per heavy atom. The van der Waals surface area contributed by atoms with Crippen LogP contribution in [0.15, 0.2) is 48.5 Å². The molecule has 1 unspecified atom stereocenters. The lowest BCUT2D eigenvalue weighted by Crippen LogP contribution is -2.37. The molecule has 0 aliphatic carbocycles. The first-order chi connectivity index (χ1) is 12.2. The quantitative estimate of drug-likeness (QED) is 0.907. The number of benzene rings is 2. The number of carbonyl (C=O) groups is 1. The Balaban J connectivity index is 1.55. The van der Waals surface area contributed by atoms with Crippen LogP contribution in [0.2, 0.25) is 0 Å². The summed E-state index contributed by atoms with van der Waals surface area (Å²) in [6, 6.07) is 16.0. The number of amides is 2. The number of ether oxygens (including phenoxy) is 2. The summed E-state index contributed by atoms with van der Waals surface area (Å²) >= 11 is 0. The van der Waals surface area contributed by atoms with Crippen molar-refractivity contribution in [1.29, 1.82) is 0 Å². The van der Waals surface area contributed by atoms with Gasteiger partial charge in [0.15, 0.2) is 11.5 Å². The van der Waals surface area contributed by atoms with E-state index < -0.39 is 0 Å². The Bertz CT molecular complexity index is 718. The Morgan fingerprint density at radius 2 is 1.88 bits per heavy atom. The zero-order valence-corrected chi connectivity index (χ0v) is 14.7. The standard InChI is InChI=1S/C20H24N2O3/c1-24-18-9-8-15(12-19(18)25-2)13-21-20(23)22-11-10-17(14-22)16-6-4-3-5-7-16/h3-9,12,17H,10-11,13-14H2,1-2H3,(H,21,23). The Labute approximate surface area is 148 Å². The number of nitrogens with one attached hydrogen (secondary N) is 1. The first-order valence-corrected chi connectivity index (χ1v) is 8.50. The van der Waals surface area contributed by atoms with Gasteiger partial charge >= 0.3 is 6.03 Å². The Morgan fingerprint density at radius 3 is 2.60 bits per heavy atom. The summed E-state index contributed by atoms with van der Waals surface area (Å²) in [5, 5.41) is 2.99. The third kappa shape index (κ3) is 4.05. The van der Waals surface area contributed by atoms with Crippen molar-refractivity contribution >= 4 is 6.03 Å². The number of urea groups is 1. The molecule has 1 aliphatic heterocycles. The molecule has 2 aromatic carbocycles. The predicted octanol–water partition coefficient (Wildman–Crippen LogP) is 3.40. The van der Waals surface area contributed by atoms with Gasteiger partial charge in [-0.05, 0) is 29.7 Å². The lowest BCUT2D eigenvalue weighted by molar-refractivity contribution is 0.208. The van der Waals surface area contributed by atoms with E-state index in [1.54, 1.807) is 14.2 Å². The number of carbonyl (C=O) groups excluding carboxylic acids is 1. The minimum atomic E-state index is -0.0202. The van der Waals surface area contributed by atoms with Crippen LogP contribution in [-0.4, -0.2) is 38.2 Å². The van der Waals surface area contributed by atoms with Gasteiger partial charge in [0.2, 0.25) is 0 Å². The second kappa shape index (κ2) is 7.92. The highest BCUT2D eigenvalue weighted by atomic mass is 16.5. The molecule has 1 atom stereocenters. The lowest BCUT2D eigenvalue weighted by Gasteiger charge is -2.18. The molecule has 2 aromatic rings. The molecule has 132 valence electrons. The average molecular weight is 340 g/mol. The SMILES string of the molecule is COc1ccc(CNC(=O)N2CCC(c3ccccc3)C2)cc1OC. The van der Waals surface area contributed by atoms with Gasteiger partial charge in [0.05, 0.1) is 14.2 Å². The fourth-order valence-electron chi connectivity index (χ4n) is 3.22. The summed E-state index contributed by atoms with van der Waals surface area (Å²) in [5.74, 6) is 1.77. The molecule has 2 amide bonds. The van der Waals surface area contributed by atoms with Crippen molar-refractivity contribution < 1.29 is 14.3 Å². The summed E-state index contributed by atoms with van der Waals surface area (Å²) < 4.78 is 10.5. The second-order valence-corrected chi connectivity index (χ2v) is 6.19. The van der Waals surface area contributed by atoms with Crippen LogP contribution in [0.5, 0.6) is 11.5 Å². The van der Waals surface area contributed by atoms with Crippen molar-refractivity contribution in [2.75, 3.05) is 27.3 Å². The monoisotopic (exact) mass is 340 g/mol. The van der Waals surface area contributed by atoms with Crippen molar-refractivity contribution in [3.63, 3.8) is 0 Å². The van der Waals surface area contributed by atoms with Crippen LogP contribution in [0.3, 0.4) is 0 Å².